The molecule has 3 aliphatic rings. The fourth-order valence-electron chi connectivity index (χ4n) is 3.74. The minimum Gasteiger partial charge on any atom is 0 e. The van der Waals surface area contributed by atoms with Gasteiger partial charge in [-0.3, -0.25) is 9.80 Å². The third-order valence-corrected chi connectivity index (χ3v) is 6.09. The van der Waals surface area contributed by atoms with Gasteiger partial charge in [0.25, 0.3) is 0 Å². The van der Waals surface area contributed by atoms with Gasteiger partial charge in [0.2, 0.25) is 0 Å². The molecule has 3 aliphatic heterocycles. The van der Waals surface area contributed by atoms with Crippen LogP contribution in [-0.2, 0) is 76.3 Å². The molecule has 3 fully saturated rings. The van der Waals surface area contributed by atoms with Crippen molar-refractivity contribution in [3.8, 4) is 0 Å². The summed E-state index contributed by atoms with van der Waals surface area (Å²) in [5.41, 5.74) is 2.69. The van der Waals surface area contributed by atoms with E-state index < -0.39 is 17.2 Å². The normalized spacial score (nSPS) is 18.0. The number of aryl methyl sites for hydroxylation is 2. The van der Waals surface area contributed by atoms with Crippen LogP contribution in [0.1, 0.15) is 11.1 Å². The average molecular weight is 934 g/mol. The summed E-state index contributed by atoms with van der Waals surface area (Å²) in [6, 6.07) is 16.5. The van der Waals surface area contributed by atoms with Crippen molar-refractivity contribution in [2.75, 3.05) is 119 Å². The molecule has 2 aromatic rings. The minimum atomic E-state index is -0.485. The van der Waals surface area contributed by atoms with Crippen LogP contribution in [0.4, 0.5) is 0 Å². The second-order valence-corrected chi connectivity index (χ2v) is 15.2. The minimum absolute atomic E-state index is 0. The molecule has 3 saturated heterocycles. The van der Waals surface area contributed by atoms with Gasteiger partial charge >= 0.3 is 113 Å². The first-order valence-electron chi connectivity index (χ1n) is 15.2. The zero-order valence-corrected chi connectivity index (χ0v) is 37.9. The molecule has 0 spiro atoms. The Bertz CT molecular complexity index is 842. The van der Waals surface area contributed by atoms with E-state index in [2.05, 4.69) is 86.7 Å². The van der Waals surface area contributed by atoms with Gasteiger partial charge in [-0.05, 0) is 0 Å². The molecular formula is C34H50ClMn2N2NaO10Sn-. The predicted octanol–water partition coefficient (Wildman–Crippen LogP) is 0.303. The largest absolute Gasteiger partial charge is 1.00 e. The number of ether oxygens (including phenoxy) is 6. The maximum Gasteiger partial charge on any atom is 1.00 e. The molecule has 0 N–H and O–H groups in total. The Morgan fingerprint density at radius 3 is 0.863 bits per heavy atom. The summed E-state index contributed by atoms with van der Waals surface area (Å²) in [6.07, 6.45) is 0. The van der Waals surface area contributed by atoms with E-state index in [4.69, 9.17) is 56.0 Å². The summed E-state index contributed by atoms with van der Waals surface area (Å²) in [5.74, 6) is 0. The van der Waals surface area contributed by atoms with Crippen LogP contribution in [0.5, 0.6) is 0 Å². The summed E-state index contributed by atoms with van der Waals surface area (Å²) in [7, 11) is 5.09. The Kier molecular flexibility index (Phi) is 74.3. The first kappa shape index (κ1) is 63.4. The Hall–Kier alpha value is 0.468. The van der Waals surface area contributed by atoms with Gasteiger partial charge in [0.15, 0.2) is 0 Å². The fraction of sp³-hybridized carbons (Fsp3) is 0.588. The molecule has 283 valence electrons. The Balaban J connectivity index is -0.000000165. The first-order valence-corrected chi connectivity index (χ1v) is 23.9. The van der Waals surface area contributed by atoms with E-state index in [1.165, 1.54) is 11.1 Å². The van der Waals surface area contributed by atoms with Gasteiger partial charge in [0.1, 0.15) is 0 Å². The summed E-state index contributed by atoms with van der Waals surface area (Å²) < 4.78 is 64.2. The molecule has 0 unspecified atom stereocenters. The van der Waals surface area contributed by atoms with Crippen LogP contribution >= 0.6 is 8.92 Å². The number of nitrogens with zero attached hydrogens (tertiary/aromatic N) is 2. The van der Waals surface area contributed by atoms with Crippen molar-refractivity contribution in [1.29, 1.82) is 0 Å². The van der Waals surface area contributed by atoms with Crippen molar-refractivity contribution in [3.05, 3.63) is 86.3 Å². The van der Waals surface area contributed by atoms with Gasteiger partial charge in [0, 0.05) is 56.3 Å². The van der Waals surface area contributed by atoms with Crippen molar-refractivity contribution < 1.29 is 106 Å². The predicted molar refractivity (Wildman–Crippen MR) is 179 cm³/mol. The first-order chi connectivity index (χ1) is 24.2. The molecule has 2 radical (unpaired) electrons. The van der Waals surface area contributed by atoms with Crippen molar-refractivity contribution in [3.63, 3.8) is 0 Å². The van der Waals surface area contributed by atoms with Crippen molar-refractivity contribution in [2.45, 2.75) is 13.8 Å². The second-order valence-electron chi connectivity index (χ2n) is 9.35. The van der Waals surface area contributed by atoms with Crippen molar-refractivity contribution >= 4 is 26.1 Å². The van der Waals surface area contributed by atoms with E-state index in [1.807, 2.05) is 24.3 Å². The second kappa shape index (κ2) is 59.7. The SMILES string of the molecule is C1COCCN2CCOCCOCCN(CCO1)CCOCCOCC2.Cc1cc[cH-]c1.Cc1cc[cH-]c1.[C-]#[O+].[C-]#[O+].[C-]#[O+].[C-]#[O+].[Cl][Sn]=[Mn].[Mn].[Na+]. The van der Waals surface area contributed by atoms with Crippen LogP contribution in [0.15, 0.2) is 48.5 Å². The zero-order chi connectivity index (χ0) is 37.6. The summed E-state index contributed by atoms with van der Waals surface area (Å²) >= 11 is 2.60. The van der Waals surface area contributed by atoms with Crippen molar-refractivity contribution in [1.82, 2.24) is 9.80 Å². The third kappa shape index (κ3) is 52.6. The number of hydrogen-bond acceptors (Lipinski definition) is 8. The molecule has 0 aromatic heterocycles. The molecular weight excluding hydrogens is 883 g/mol. The molecule has 0 atom stereocenters. The average Bonchev–Trinajstić information content (AvgIpc) is 3.84. The third-order valence-electron chi connectivity index (χ3n) is 6.09. The van der Waals surface area contributed by atoms with Crippen LogP contribution in [0.2, 0.25) is 0 Å². The maximum absolute atomic E-state index is 7.50. The number of rotatable bonds is 0. The molecule has 0 saturated carbocycles. The zero-order valence-electron chi connectivity index (χ0n) is 30.0. The van der Waals surface area contributed by atoms with Crippen LogP contribution in [0, 0.1) is 40.4 Å². The van der Waals surface area contributed by atoms with E-state index in [-0.39, 0.29) is 46.6 Å². The smallest absolute Gasteiger partial charge is 0 e. The maximum atomic E-state index is 7.50. The van der Waals surface area contributed by atoms with Crippen LogP contribution < -0.4 is 29.6 Å². The van der Waals surface area contributed by atoms with E-state index in [1.54, 1.807) is 0 Å². The molecule has 2 bridgehead atoms. The molecule has 0 amide bonds. The number of fused-ring (bicyclic) bond motifs is 21. The van der Waals surface area contributed by atoms with Gasteiger partial charge in [-0.2, -0.15) is 36.4 Å². The van der Waals surface area contributed by atoms with Gasteiger partial charge in [-0.15, -0.1) is 0 Å². The molecule has 5 rings (SSSR count). The summed E-state index contributed by atoms with van der Waals surface area (Å²) in [5, 5.41) is 0. The number of halogens is 1. The Morgan fingerprint density at radius 2 is 0.745 bits per heavy atom. The topological polar surface area (TPSA) is 141 Å². The number of hydrogen-bond donors (Lipinski definition) is 0. The van der Waals surface area contributed by atoms with Gasteiger partial charge in [-0.25, -0.2) is 23.3 Å². The van der Waals surface area contributed by atoms with E-state index in [9.17, 15) is 0 Å². The van der Waals surface area contributed by atoms with E-state index in [0.717, 1.165) is 39.3 Å². The molecule has 2 aromatic carbocycles. The molecule has 51 heavy (non-hydrogen) atoms. The van der Waals surface area contributed by atoms with Crippen LogP contribution in [-0.4, -0.2) is 146 Å². The Morgan fingerprint density at radius 1 is 0.549 bits per heavy atom. The van der Waals surface area contributed by atoms with Crippen LogP contribution in [0.3, 0.4) is 0 Å². The molecule has 0 aliphatic carbocycles. The summed E-state index contributed by atoms with van der Waals surface area (Å²) in [4.78, 5) is 4.62. The molecule has 3 heterocycles. The monoisotopic (exact) mass is 934 g/mol. The van der Waals surface area contributed by atoms with E-state index in [0.29, 0.717) is 79.3 Å². The summed E-state index contributed by atoms with van der Waals surface area (Å²) in [6.45, 7) is 35.3. The van der Waals surface area contributed by atoms with Crippen molar-refractivity contribution in [2.24, 2.45) is 0 Å². The molecule has 12 nitrogen and oxygen atoms in total. The molecule has 17 heteroatoms. The van der Waals surface area contributed by atoms with Crippen LogP contribution in [0.25, 0.3) is 0 Å². The quantitative estimate of drug-likeness (QED) is 0.209. The standard InChI is InChI=1S/C18H36N2O6.2C6H7.4CO.ClH.2Mn.Na.Sn/c1-7-21-13-14-24-10-4-20-5-11-25-17-15-22-8-2-19(1)3-9-23-16-18-26-12-6-20;2*1-6-4-2-3-5-6;4*1-2;;;;;/h1-18H2;2*2-5H,1H3;;;;;1H;;;;/q;2*-1;;;;;;;;2*+1/p-1. The van der Waals surface area contributed by atoms with Gasteiger partial charge < -0.3 is 28.4 Å². The van der Waals surface area contributed by atoms with Gasteiger partial charge in [0.05, 0.1) is 79.3 Å². The van der Waals surface area contributed by atoms with Gasteiger partial charge in [-0.1, -0.05) is 13.8 Å². The fourth-order valence-corrected chi connectivity index (χ4v) is 3.74. The van der Waals surface area contributed by atoms with E-state index >= 15 is 0 Å². The Labute approximate surface area is 357 Å².